The second kappa shape index (κ2) is 6.49. The van der Waals surface area contributed by atoms with Gasteiger partial charge in [-0.1, -0.05) is 48.9 Å². The first kappa shape index (κ1) is 14.5. The van der Waals surface area contributed by atoms with Gasteiger partial charge < -0.3 is 11.1 Å². The van der Waals surface area contributed by atoms with E-state index < -0.39 is 0 Å². The van der Waals surface area contributed by atoms with Gasteiger partial charge in [0.15, 0.2) is 0 Å². The smallest absolute Gasteiger partial charge is 0.251 e. The van der Waals surface area contributed by atoms with Crippen LogP contribution < -0.4 is 11.1 Å². The van der Waals surface area contributed by atoms with Gasteiger partial charge in [0.1, 0.15) is 0 Å². The highest BCUT2D eigenvalue weighted by molar-refractivity contribution is 6.39. The third kappa shape index (κ3) is 3.77. The van der Waals surface area contributed by atoms with E-state index in [1.54, 1.807) is 12.1 Å². The monoisotopic (exact) mass is 300 g/mol. The van der Waals surface area contributed by atoms with E-state index in [0.29, 0.717) is 27.8 Å². The third-order valence-corrected chi connectivity index (χ3v) is 4.28. The lowest BCUT2D eigenvalue weighted by molar-refractivity contribution is 0.0951. The minimum Gasteiger partial charge on any atom is -0.396 e. The molecule has 1 aromatic carbocycles. The minimum absolute atomic E-state index is 0.151. The van der Waals surface area contributed by atoms with E-state index in [2.05, 4.69) is 5.32 Å². The summed E-state index contributed by atoms with van der Waals surface area (Å²) in [6.07, 6.45) is 6.26. The summed E-state index contributed by atoms with van der Waals surface area (Å²) >= 11 is 11.8. The van der Waals surface area contributed by atoms with E-state index in [1.807, 2.05) is 0 Å². The first-order chi connectivity index (χ1) is 9.08. The van der Waals surface area contributed by atoms with Gasteiger partial charge in [0, 0.05) is 12.1 Å². The molecule has 1 aromatic rings. The van der Waals surface area contributed by atoms with Crippen molar-refractivity contribution in [2.75, 3.05) is 12.3 Å². The molecule has 104 valence electrons. The topological polar surface area (TPSA) is 55.1 Å². The van der Waals surface area contributed by atoms with Crippen molar-refractivity contribution >= 4 is 34.8 Å². The molecule has 0 saturated heterocycles. The van der Waals surface area contributed by atoms with Gasteiger partial charge >= 0.3 is 0 Å². The lowest BCUT2D eigenvalue weighted by Gasteiger charge is -2.11. The molecule has 5 heteroatoms. The molecular weight excluding hydrogens is 283 g/mol. The second-order valence-electron chi connectivity index (χ2n) is 5.05. The van der Waals surface area contributed by atoms with E-state index in [-0.39, 0.29) is 5.91 Å². The van der Waals surface area contributed by atoms with Crippen LogP contribution in [0.25, 0.3) is 0 Å². The lowest BCUT2D eigenvalue weighted by atomic mass is 10.0. The van der Waals surface area contributed by atoms with Crippen LogP contribution in [-0.4, -0.2) is 12.5 Å². The predicted octanol–water partition coefficient (Wildman–Crippen LogP) is 3.89. The number of halogens is 2. The molecule has 19 heavy (non-hydrogen) atoms. The van der Waals surface area contributed by atoms with Crippen molar-refractivity contribution < 1.29 is 4.79 Å². The normalized spacial score (nSPS) is 15.7. The Labute approximate surface area is 123 Å². The highest BCUT2D eigenvalue weighted by atomic mass is 35.5. The molecule has 3 nitrogen and oxygen atoms in total. The van der Waals surface area contributed by atoms with Gasteiger partial charge in [-0.3, -0.25) is 4.79 Å². The van der Waals surface area contributed by atoms with Gasteiger partial charge in [0.2, 0.25) is 0 Å². The summed E-state index contributed by atoms with van der Waals surface area (Å²) in [5.41, 5.74) is 6.40. The molecule has 1 aliphatic rings. The molecule has 2 rings (SSSR count). The number of nitrogens with two attached hydrogens (primary N) is 1. The Morgan fingerprint density at radius 2 is 1.84 bits per heavy atom. The van der Waals surface area contributed by atoms with Crippen molar-refractivity contribution in [2.24, 2.45) is 5.92 Å². The molecule has 0 spiro atoms. The van der Waals surface area contributed by atoms with E-state index in [0.717, 1.165) is 12.3 Å². The van der Waals surface area contributed by atoms with Crippen LogP contribution in [0.4, 0.5) is 5.69 Å². The summed E-state index contributed by atoms with van der Waals surface area (Å²) < 4.78 is 0. The first-order valence-electron chi connectivity index (χ1n) is 6.60. The van der Waals surface area contributed by atoms with E-state index in [4.69, 9.17) is 28.9 Å². The Bertz CT molecular complexity index is 448. The number of hydrogen-bond acceptors (Lipinski definition) is 2. The molecule has 0 aromatic heterocycles. The van der Waals surface area contributed by atoms with Crippen LogP contribution in [0.5, 0.6) is 0 Å². The molecule has 1 amide bonds. The number of amides is 1. The Balaban J connectivity index is 1.88. The minimum atomic E-state index is -0.151. The summed E-state index contributed by atoms with van der Waals surface area (Å²) in [6.45, 7) is 0.698. The average Bonchev–Trinajstić information content (AvgIpc) is 2.88. The molecular formula is C14H18Cl2N2O. The lowest BCUT2D eigenvalue weighted by Crippen LogP contribution is -2.25. The molecule has 0 heterocycles. The summed E-state index contributed by atoms with van der Waals surface area (Å²) in [5.74, 6) is 0.612. The Morgan fingerprint density at radius 1 is 1.26 bits per heavy atom. The van der Waals surface area contributed by atoms with Crippen LogP contribution in [0.3, 0.4) is 0 Å². The fourth-order valence-corrected chi connectivity index (χ4v) is 2.99. The quantitative estimate of drug-likeness (QED) is 0.829. The maximum absolute atomic E-state index is 12.0. The molecule has 0 unspecified atom stereocenters. The molecule has 1 saturated carbocycles. The largest absolute Gasteiger partial charge is 0.396 e. The van der Waals surface area contributed by atoms with Crippen molar-refractivity contribution in [3.63, 3.8) is 0 Å². The standard InChI is InChI=1S/C14H18Cl2N2O/c15-11-7-10(8-12(16)13(11)17)14(19)18-6-5-9-3-1-2-4-9/h7-9H,1-6,17H2,(H,18,19). The van der Waals surface area contributed by atoms with E-state index in [9.17, 15) is 4.79 Å². The summed E-state index contributed by atoms with van der Waals surface area (Å²) in [6, 6.07) is 3.10. The van der Waals surface area contributed by atoms with E-state index in [1.165, 1.54) is 25.7 Å². The molecule has 3 N–H and O–H groups in total. The molecule has 0 aliphatic heterocycles. The number of rotatable bonds is 4. The SMILES string of the molecule is Nc1c(Cl)cc(C(=O)NCCC2CCCC2)cc1Cl. The zero-order chi connectivity index (χ0) is 13.8. The number of nitrogens with one attached hydrogen (secondary N) is 1. The fourth-order valence-electron chi connectivity index (χ4n) is 2.51. The van der Waals surface area contributed by atoms with Gasteiger partial charge in [-0.15, -0.1) is 0 Å². The number of anilines is 1. The van der Waals surface area contributed by atoms with Crippen LogP contribution >= 0.6 is 23.2 Å². The van der Waals surface area contributed by atoms with Crippen LogP contribution in [0.1, 0.15) is 42.5 Å². The average molecular weight is 301 g/mol. The first-order valence-corrected chi connectivity index (χ1v) is 7.36. The molecule has 0 atom stereocenters. The molecule has 1 fully saturated rings. The number of carbonyl (C=O) groups excluding carboxylic acids is 1. The fraction of sp³-hybridized carbons (Fsp3) is 0.500. The van der Waals surface area contributed by atoms with Gasteiger partial charge in [-0.2, -0.15) is 0 Å². The van der Waals surface area contributed by atoms with Crippen molar-refractivity contribution in [3.8, 4) is 0 Å². The van der Waals surface area contributed by atoms with Crippen LogP contribution in [0, 0.1) is 5.92 Å². The van der Waals surface area contributed by atoms with Crippen molar-refractivity contribution in [3.05, 3.63) is 27.7 Å². The van der Waals surface area contributed by atoms with Gasteiger partial charge in [0.25, 0.3) is 5.91 Å². The zero-order valence-corrected chi connectivity index (χ0v) is 12.2. The Hall–Kier alpha value is -0.930. The van der Waals surface area contributed by atoms with Gasteiger partial charge in [0.05, 0.1) is 15.7 Å². The molecule has 1 aliphatic carbocycles. The van der Waals surface area contributed by atoms with Crippen molar-refractivity contribution in [2.45, 2.75) is 32.1 Å². The van der Waals surface area contributed by atoms with Crippen LogP contribution in [0.15, 0.2) is 12.1 Å². The maximum atomic E-state index is 12.0. The van der Waals surface area contributed by atoms with Crippen LogP contribution in [0.2, 0.25) is 10.0 Å². The summed E-state index contributed by atoms with van der Waals surface area (Å²) in [7, 11) is 0. The predicted molar refractivity (Wildman–Crippen MR) is 79.8 cm³/mol. The number of carbonyl (C=O) groups is 1. The number of benzene rings is 1. The molecule has 0 bridgehead atoms. The van der Waals surface area contributed by atoms with E-state index >= 15 is 0 Å². The highest BCUT2D eigenvalue weighted by Crippen LogP contribution is 2.29. The summed E-state index contributed by atoms with van der Waals surface area (Å²) in [4.78, 5) is 12.0. The highest BCUT2D eigenvalue weighted by Gasteiger charge is 2.15. The zero-order valence-electron chi connectivity index (χ0n) is 10.7. The van der Waals surface area contributed by atoms with Crippen LogP contribution in [-0.2, 0) is 0 Å². The second-order valence-corrected chi connectivity index (χ2v) is 5.86. The Morgan fingerprint density at radius 3 is 2.42 bits per heavy atom. The Kier molecular flexibility index (Phi) is 4.94. The maximum Gasteiger partial charge on any atom is 0.251 e. The third-order valence-electron chi connectivity index (χ3n) is 3.65. The van der Waals surface area contributed by atoms with Gasteiger partial charge in [-0.25, -0.2) is 0 Å². The van der Waals surface area contributed by atoms with Crippen molar-refractivity contribution in [1.82, 2.24) is 5.32 Å². The van der Waals surface area contributed by atoms with Crippen molar-refractivity contribution in [1.29, 1.82) is 0 Å². The summed E-state index contributed by atoms with van der Waals surface area (Å²) in [5, 5.41) is 3.53. The van der Waals surface area contributed by atoms with Gasteiger partial charge in [-0.05, 0) is 24.5 Å². The number of nitrogen functional groups attached to an aromatic ring is 1. The number of hydrogen-bond donors (Lipinski definition) is 2. The molecule has 0 radical (unpaired) electrons.